The van der Waals surface area contributed by atoms with Crippen molar-refractivity contribution in [3.63, 3.8) is 0 Å². The number of rotatable bonds is 5. The Hall–Kier alpha value is -2.08. The summed E-state index contributed by atoms with van der Waals surface area (Å²) >= 11 is 0. The van der Waals surface area contributed by atoms with E-state index in [2.05, 4.69) is 14.8 Å². The minimum atomic E-state index is -0.722. The summed E-state index contributed by atoms with van der Waals surface area (Å²) in [5.41, 5.74) is 2.90. The van der Waals surface area contributed by atoms with Gasteiger partial charge in [-0.15, -0.1) is 0 Å². The Labute approximate surface area is 129 Å². The van der Waals surface area contributed by atoms with Gasteiger partial charge in [0.25, 0.3) is 6.01 Å². The second-order valence-corrected chi connectivity index (χ2v) is 5.79. The third-order valence-corrected chi connectivity index (χ3v) is 4.04. The summed E-state index contributed by atoms with van der Waals surface area (Å²) in [5, 5.41) is 8.67. The third kappa shape index (κ3) is 3.39. The lowest BCUT2D eigenvalue weighted by Gasteiger charge is -2.33. The maximum atomic E-state index is 10.5. The fraction of sp³-hybridized carbons (Fsp3) is 0.500. The molecule has 0 saturated carbocycles. The number of hydrogen-bond acceptors (Lipinski definition) is 5. The van der Waals surface area contributed by atoms with Crippen LogP contribution >= 0.6 is 0 Å². The van der Waals surface area contributed by atoms with Gasteiger partial charge in [0.1, 0.15) is 5.52 Å². The minimum Gasteiger partial charge on any atom is -0.481 e. The number of fused-ring (bicyclic) bond motifs is 1. The van der Waals surface area contributed by atoms with Crippen LogP contribution < -0.4 is 4.90 Å². The van der Waals surface area contributed by atoms with Crippen molar-refractivity contribution in [1.29, 1.82) is 0 Å². The van der Waals surface area contributed by atoms with E-state index >= 15 is 0 Å². The summed E-state index contributed by atoms with van der Waals surface area (Å²) in [7, 11) is 0. The van der Waals surface area contributed by atoms with E-state index < -0.39 is 5.97 Å². The first-order valence-corrected chi connectivity index (χ1v) is 7.68. The van der Waals surface area contributed by atoms with E-state index in [1.54, 1.807) is 0 Å². The number of oxazole rings is 1. The highest BCUT2D eigenvalue weighted by Crippen LogP contribution is 2.23. The van der Waals surface area contributed by atoms with Crippen LogP contribution in [0, 0.1) is 6.92 Å². The number of aromatic nitrogens is 1. The Balaban J connectivity index is 1.57. The fourth-order valence-corrected chi connectivity index (χ4v) is 2.78. The van der Waals surface area contributed by atoms with Gasteiger partial charge in [-0.25, -0.2) is 0 Å². The average Bonchev–Trinajstić information content (AvgIpc) is 2.90. The van der Waals surface area contributed by atoms with E-state index in [1.807, 2.05) is 25.1 Å². The van der Waals surface area contributed by atoms with Crippen molar-refractivity contribution in [1.82, 2.24) is 9.88 Å². The monoisotopic (exact) mass is 303 g/mol. The van der Waals surface area contributed by atoms with Crippen LogP contribution in [0.5, 0.6) is 0 Å². The van der Waals surface area contributed by atoms with Crippen LogP contribution in [0.2, 0.25) is 0 Å². The number of piperazine rings is 1. The van der Waals surface area contributed by atoms with Gasteiger partial charge in [0.05, 0.1) is 0 Å². The van der Waals surface area contributed by atoms with Gasteiger partial charge in [-0.2, -0.15) is 4.98 Å². The summed E-state index contributed by atoms with van der Waals surface area (Å²) in [6.07, 6.45) is 0.947. The minimum absolute atomic E-state index is 0.241. The summed E-state index contributed by atoms with van der Waals surface area (Å²) < 4.78 is 5.83. The molecule has 0 spiro atoms. The molecule has 118 valence electrons. The molecule has 0 aliphatic carbocycles. The highest BCUT2D eigenvalue weighted by atomic mass is 16.4. The molecule has 22 heavy (non-hydrogen) atoms. The first-order chi connectivity index (χ1) is 10.6. The van der Waals surface area contributed by atoms with Gasteiger partial charge < -0.3 is 14.4 Å². The normalized spacial score (nSPS) is 16.3. The van der Waals surface area contributed by atoms with Crippen LogP contribution in [0.3, 0.4) is 0 Å². The van der Waals surface area contributed by atoms with Gasteiger partial charge in [0.2, 0.25) is 0 Å². The molecule has 1 N–H and O–H groups in total. The van der Waals surface area contributed by atoms with E-state index in [4.69, 9.17) is 9.52 Å². The topological polar surface area (TPSA) is 69.8 Å². The second kappa shape index (κ2) is 6.36. The van der Waals surface area contributed by atoms with E-state index in [9.17, 15) is 4.79 Å². The van der Waals surface area contributed by atoms with E-state index in [0.717, 1.165) is 43.8 Å². The zero-order valence-electron chi connectivity index (χ0n) is 12.8. The van der Waals surface area contributed by atoms with Crippen LogP contribution in [-0.2, 0) is 4.79 Å². The number of anilines is 1. The largest absolute Gasteiger partial charge is 0.481 e. The molecule has 0 atom stereocenters. The molecular weight excluding hydrogens is 282 g/mol. The van der Waals surface area contributed by atoms with Crippen molar-refractivity contribution in [3.05, 3.63) is 23.8 Å². The van der Waals surface area contributed by atoms with Crippen LogP contribution in [-0.4, -0.2) is 53.7 Å². The Morgan fingerprint density at radius 2 is 2.09 bits per heavy atom. The number of carboxylic acids is 1. The molecule has 1 aliphatic rings. The van der Waals surface area contributed by atoms with E-state index in [0.29, 0.717) is 12.4 Å². The number of aliphatic carboxylic acids is 1. The number of aryl methyl sites for hydroxylation is 1. The van der Waals surface area contributed by atoms with Gasteiger partial charge in [-0.3, -0.25) is 9.69 Å². The van der Waals surface area contributed by atoms with Crippen LogP contribution in [0.4, 0.5) is 6.01 Å². The second-order valence-electron chi connectivity index (χ2n) is 5.79. The molecule has 3 rings (SSSR count). The predicted molar refractivity (Wildman–Crippen MR) is 84.3 cm³/mol. The average molecular weight is 303 g/mol. The summed E-state index contributed by atoms with van der Waals surface area (Å²) in [6.45, 7) is 6.43. The molecule has 6 nitrogen and oxygen atoms in total. The summed E-state index contributed by atoms with van der Waals surface area (Å²) in [4.78, 5) is 19.6. The molecule has 1 saturated heterocycles. The quantitative estimate of drug-likeness (QED) is 0.912. The van der Waals surface area contributed by atoms with Crippen LogP contribution in [0.15, 0.2) is 22.6 Å². The van der Waals surface area contributed by atoms with Gasteiger partial charge in [0, 0.05) is 32.6 Å². The number of benzene rings is 1. The zero-order valence-corrected chi connectivity index (χ0v) is 12.8. The molecule has 0 unspecified atom stereocenters. The zero-order chi connectivity index (χ0) is 15.5. The highest BCUT2D eigenvalue weighted by Gasteiger charge is 2.20. The molecule has 2 heterocycles. The maximum Gasteiger partial charge on any atom is 0.303 e. The molecule has 6 heteroatoms. The molecule has 1 aromatic carbocycles. The molecular formula is C16H21N3O3. The molecule has 1 aliphatic heterocycles. The van der Waals surface area contributed by atoms with Crippen LogP contribution in [0.25, 0.3) is 11.1 Å². The van der Waals surface area contributed by atoms with Gasteiger partial charge in [0.15, 0.2) is 5.58 Å². The van der Waals surface area contributed by atoms with Crippen molar-refractivity contribution >= 4 is 23.1 Å². The summed E-state index contributed by atoms with van der Waals surface area (Å²) in [5.74, 6) is -0.722. The highest BCUT2D eigenvalue weighted by molar-refractivity contribution is 5.75. The lowest BCUT2D eigenvalue weighted by atomic mass is 10.2. The number of nitrogens with zero attached hydrogens (tertiary/aromatic N) is 3. The first kappa shape index (κ1) is 14.8. The molecule has 1 aromatic heterocycles. The Bertz CT molecular complexity index is 660. The standard InChI is InChI=1S/C16H21N3O3/c1-12-4-5-14-13(11-12)17-16(22-14)19-9-7-18(8-10-19)6-2-3-15(20)21/h4-5,11H,2-3,6-10H2,1H3,(H,20,21). The number of carbonyl (C=O) groups is 1. The first-order valence-electron chi connectivity index (χ1n) is 7.68. The SMILES string of the molecule is Cc1ccc2oc(N3CCN(CCCC(=O)O)CC3)nc2c1. The molecule has 0 bridgehead atoms. The maximum absolute atomic E-state index is 10.5. The van der Waals surface area contributed by atoms with E-state index in [1.165, 1.54) is 5.56 Å². The van der Waals surface area contributed by atoms with Crippen molar-refractivity contribution in [3.8, 4) is 0 Å². The smallest absolute Gasteiger partial charge is 0.303 e. The van der Waals surface area contributed by atoms with Gasteiger partial charge in [-0.1, -0.05) is 6.07 Å². The Morgan fingerprint density at radius 1 is 1.32 bits per heavy atom. The van der Waals surface area contributed by atoms with E-state index in [-0.39, 0.29) is 6.42 Å². The lowest BCUT2D eigenvalue weighted by Crippen LogP contribution is -2.46. The van der Waals surface area contributed by atoms with Crippen LogP contribution in [0.1, 0.15) is 18.4 Å². The molecule has 0 amide bonds. The van der Waals surface area contributed by atoms with Crippen molar-refractivity contribution in [2.45, 2.75) is 19.8 Å². The number of hydrogen-bond donors (Lipinski definition) is 1. The van der Waals surface area contributed by atoms with Crippen molar-refractivity contribution < 1.29 is 14.3 Å². The number of carboxylic acid groups (broad SMARTS) is 1. The molecule has 0 radical (unpaired) electrons. The Kier molecular flexibility index (Phi) is 4.29. The van der Waals surface area contributed by atoms with Gasteiger partial charge in [-0.05, 0) is 37.6 Å². The van der Waals surface area contributed by atoms with Crippen molar-refractivity contribution in [2.75, 3.05) is 37.6 Å². The molecule has 2 aromatic rings. The predicted octanol–water partition coefficient (Wildman–Crippen LogP) is 2.12. The molecule has 1 fully saturated rings. The van der Waals surface area contributed by atoms with Gasteiger partial charge >= 0.3 is 5.97 Å². The Morgan fingerprint density at radius 3 is 2.82 bits per heavy atom. The van der Waals surface area contributed by atoms with Crippen molar-refractivity contribution in [2.24, 2.45) is 0 Å². The summed E-state index contributed by atoms with van der Waals surface area (Å²) in [6, 6.07) is 6.71. The fourth-order valence-electron chi connectivity index (χ4n) is 2.78. The third-order valence-electron chi connectivity index (χ3n) is 4.04. The lowest BCUT2D eigenvalue weighted by molar-refractivity contribution is -0.137.